The van der Waals surface area contributed by atoms with Crippen molar-refractivity contribution in [3.05, 3.63) is 81.9 Å². The smallest absolute Gasteiger partial charge is 0.338 e. The number of hydrogen-bond acceptors (Lipinski definition) is 6. The molecule has 1 aliphatic rings. The number of hydrogen-bond donors (Lipinski definition) is 0. The zero-order valence-corrected chi connectivity index (χ0v) is 16.5. The van der Waals surface area contributed by atoms with Gasteiger partial charge in [-0.2, -0.15) is 0 Å². The third kappa shape index (κ3) is 4.31. The van der Waals surface area contributed by atoms with Gasteiger partial charge >= 0.3 is 5.97 Å². The van der Waals surface area contributed by atoms with Crippen molar-refractivity contribution in [2.75, 3.05) is 6.61 Å². The molecule has 0 saturated carbocycles. The molecule has 1 aromatic carbocycles. The molecule has 1 unspecified atom stereocenters. The van der Waals surface area contributed by atoms with Crippen molar-refractivity contribution in [2.45, 2.75) is 33.8 Å². The van der Waals surface area contributed by atoms with Crippen LogP contribution in [0.25, 0.3) is 0 Å². The zero-order valence-electron chi connectivity index (χ0n) is 16.5. The van der Waals surface area contributed by atoms with Gasteiger partial charge in [0.05, 0.1) is 22.8 Å². The average molecular weight is 384 g/mol. The van der Waals surface area contributed by atoms with E-state index in [0.29, 0.717) is 11.3 Å². The second kappa shape index (κ2) is 9.03. The first-order valence-electron chi connectivity index (χ1n) is 8.93. The Morgan fingerprint density at radius 2 is 2.00 bits per heavy atom. The Hall–Kier alpha value is -3.35. The number of carbonyl (C=O) groups is 1. The third-order valence-corrected chi connectivity index (χ3v) is 4.34. The fraction of sp³-hybridized carbons (Fsp3) is 0.286. The molecule has 7 heteroatoms. The lowest BCUT2D eigenvalue weighted by molar-refractivity contribution is -0.384. The van der Waals surface area contributed by atoms with Gasteiger partial charge < -0.3 is 14.4 Å². The van der Waals surface area contributed by atoms with Gasteiger partial charge in [0, 0.05) is 24.0 Å². The van der Waals surface area contributed by atoms with Crippen LogP contribution in [0.15, 0.2) is 71.7 Å². The molecular formula is C21H24N2O5. The molecule has 7 nitrogen and oxygen atoms in total. The van der Waals surface area contributed by atoms with Gasteiger partial charge in [0.25, 0.3) is 5.69 Å². The number of allylic oxidation sites excluding steroid dienone is 2. The van der Waals surface area contributed by atoms with E-state index >= 15 is 0 Å². The molecule has 0 fully saturated rings. The largest absolute Gasteiger partial charge is 0.484 e. The molecule has 0 radical (unpaired) electrons. The highest BCUT2D eigenvalue weighted by molar-refractivity contribution is 5.94. The predicted molar refractivity (Wildman–Crippen MR) is 106 cm³/mol. The summed E-state index contributed by atoms with van der Waals surface area (Å²) in [6.07, 6.45) is 4.83. The monoisotopic (exact) mass is 384 g/mol. The molecule has 0 bridgehead atoms. The first-order chi connectivity index (χ1) is 13.3. The molecular weight excluding hydrogens is 360 g/mol. The second-order valence-electron chi connectivity index (χ2n) is 6.07. The van der Waals surface area contributed by atoms with Crippen molar-refractivity contribution in [1.29, 1.82) is 0 Å². The lowest BCUT2D eigenvalue weighted by Crippen LogP contribution is -2.32. The number of rotatable bonds is 7. The van der Waals surface area contributed by atoms with E-state index in [1.165, 1.54) is 12.1 Å². The summed E-state index contributed by atoms with van der Waals surface area (Å²) in [6.45, 7) is 11.5. The van der Waals surface area contributed by atoms with Crippen molar-refractivity contribution >= 4 is 11.7 Å². The fourth-order valence-electron chi connectivity index (χ4n) is 3.04. The van der Waals surface area contributed by atoms with E-state index in [1.54, 1.807) is 31.3 Å². The highest BCUT2D eigenvalue weighted by Gasteiger charge is 2.29. The maximum absolute atomic E-state index is 12.4. The fourth-order valence-corrected chi connectivity index (χ4v) is 3.04. The Balaban J connectivity index is 2.40. The molecule has 0 aliphatic carbocycles. The van der Waals surface area contributed by atoms with Gasteiger partial charge in [-0.1, -0.05) is 12.7 Å². The van der Waals surface area contributed by atoms with Crippen molar-refractivity contribution in [2.24, 2.45) is 0 Å². The molecule has 0 spiro atoms. The van der Waals surface area contributed by atoms with Gasteiger partial charge in [0.1, 0.15) is 11.9 Å². The van der Waals surface area contributed by atoms with Crippen LogP contribution in [0, 0.1) is 10.1 Å². The highest BCUT2D eigenvalue weighted by atomic mass is 16.6. The van der Waals surface area contributed by atoms with E-state index < -0.39 is 17.0 Å². The second-order valence-corrected chi connectivity index (χ2v) is 6.07. The van der Waals surface area contributed by atoms with Crippen LogP contribution < -0.4 is 4.74 Å². The lowest BCUT2D eigenvalue weighted by atomic mass is 9.96. The van der Waals surface area contributed by atoms with Crippen LogP contribution in [0.2, 0.25) is 0 Å². The summed E-state index contributed by atoms with van der Waals surface area (Å²) < 4.78 is 11.2. The number of non-ortho nitro benzene ring substituents is 1. The SMILES string of the molecule is C=CN1C(C(C)Oc2ccc([N+](=O)[O-])cc2)=C(C)C(C(=O)OCC)=C/C1=C/C. The number of carbonyl (C=O) groups excluding carboxylic acids is 1. The number of nitro groups is 1. The Bertz CT molecular complexity index is 865. The van der Waals surface area contributed by atoms with Crippen LogP contribution >= 0.6 is 0 Å². The van der Waals surface area contributed by atoms with Crippen LogP contribution in [0.3, 0.4) is 0 Å². The number of nitro benzene ring substituents is 1. The molecule has 0 aromatic heterocycles. The molecule has 1 aliphatic heterocycles. The minimum Gasteiger partial charge on any atom is -0.484 e. The summed E-state index contributed by atoms with van der Waals surface area (Å²) >= 11 is 0. The van der Waals surface area contributed by atoms with Crippen molar-refractivity contribution < 1.29 is 19.2 Å². The Morgan fingerprint density at radius 3 is 2.50 bits per heavy atom. The van der Waals surface area contributed by atoms with E-state index in [4.69, 9.17) is 9.47 Å². The number of ether oxygens (including phenoxy) is 2. The molecule has 1 heterocycles. The van der Waals surface area contributed by atoms with E-state index in [0.717, 1.165) is 17.0 Å². The molecule has 0 saturated heterocycles. The summed E-state index contributed by atoms with van der Waals surface area (Å²) in [5.41, 5.74) is 2.69. The predicted octanol–water partition coefficient (Wildman–Crippen LogP) is 4.49. The molecule has 0 N–H and O–H groups in total. The summed E-state index contributed by atoms with van der Waals surface area (Å²) in [6, 6.07) is 5.86. The Kier molecular flexibility index (Phi) is 6.76. The molecule has 148 valence electrons. The van der Waals surface area contributed by atoms with Gasteiger partial charge in [-0.25, -0.2) is 4.79 Å². The van der Waals surface area contributed by atoms with Gasteiger partial charge in [0.2, 0.25) is 0 Å². The molecule has 2 rings (SSSR count). The van der Waals surface area contributed by atoms with Crippen LogP contribution in [0.4, 0.5) is 5.69 Å². The molecule has 1 aromatic rings. The summed E-state index contributed by atoms with van der Waals surface area (Å²) in [4.78, 5) is 24.6. The quantitative estimate of drug-likeness (QED) is 0.391. The molecule has 1 atom stereocenters. The van der Waals surface area contributed by atoms with Crippen LogP contribution in [-0.2, 0) is 9.53 Å². The molecule has 28 heavy (non-hydrogen) atoms. The normalized spacial score (nSPS) is 16.5. The van der Waals surface area contributed by atoms with Crippen molar-refractivity contribution in [3.8, 4) is 5.75 Å². The standard InChI is InChI=1S/C21H24N2O5/c1-6-16-13-19(21(24)27-8-3)14(4)20(22(16)7-2)15(5)28-18-11-9-17(10-12-18)23(25)26/h6-7,9-13,15H,2,8H2,1,3-5H3/b16-6-. The van der Waals surface area contributed by atoms with E-state index in [1.807, 2.05) is 31.7 Å². The van der Waals surface area contributed by atoms with Crippen molar-refractivity contribution in [3.63, 3.8) is 0 Å². The first kappa shape index (κ1) is 21.0. The van der Waals surface area contributed by atoms with Crippen molar-refractivity contribution in [1.82, 2.24) is 4.90 Å². The van der Waals surface area contributed by atoms with Crippen LogP contribution in [0.1, 0.15) is 27.7 Å². The minimum atomic E-state index is -0.463. The van der Waals surface area contributed by atoms with Gasteiger partial charge in [0.15, 0.2) is 0 Å². The number of nitrogens with zero attached hydrogens (tertiary/aromatic N) is 2. The number of esters is 1. The van der Waals surface area contributed by atoms with Gasteiger partial charge in [-0.3, -0.25) is 10.1 Å². The Morgan fingerprint density at radius 1 is 1.36 bits per heavy atom. The van der Waals surface area contributed by atoms with E-state index in [2.05, 4.69) is 6.58 Å². The summed E-state index contributed by atoms with van der Waals surface area (Å²) in [5.74, 6) is 0.0831. The minimum absolute atomic E-state index is 0.00971. The topological polar surface area (TPSA) is 81.9 Å². The van der Waals surface area contributed by atoms with E-state index in [9.17, 15) is 14.9 Å². The number of benzene rings is 1. The highest BCUT2D eigenvalue weighted by Crippen LogP contribution is 2.33. The maximum atomic E-state index is 12.4. The first-order valence-corrected chi connectivity index (χ1v) is 8.93. The Labute approximate surface area is 164 Å². The summed E-state index contributed by atoms with van der Waals surface area (Å²) in [7, 11) is 0. The maximum Gasteiger partial charge on any atom is 0.338 e. The van der Waals surface area contributed by atoms with Gasteiger partial charge in [-0.15, -0.1) is 0 Å². The lowest BCUT2D eigenvalue weighted by Gasteiger charge is -2.34. The third-order valence-electron chi connectivity index (χ3n) is 4.34. The van der Waals surface area contributed by atoms with Gasteiger partial charge in [-0.05, 0) is 51.5 Å². The van der Waals surface area contributed by atoms with Crippen LogP contribution in [0.5, 0.6) is 5.75 Å². The van der Waals surface area contributed by atoms with E-state index in [-0.39, 0.29) is 12.3 Å². The van der Waals surface area contributed by atoms with Crippen LogP contribution in [-0.4, -0.2) is 28.5 Å². The summed E-state index contributed by atoms with van der Waals surface area (Å²) in [5, 5.41) is 10.8. The average Bonchev–Trinajstić information content (AvgIpc) is 2.67. The molecule has 0 amide bonds. The zero-order chi connectivity index (χ0) is 20.8.